The Morgan fingerprint density at radius 3 is 2.68 bits per heavy atom. The number of carbonyl (C=O) groups is 2. The Kier molecular flexibility index (Phi) is 3.99. The Bertz CT molecular complexity index is 1190. The van der Waals surface area contributed by atoms with E-state index in [1.54, 1.807) is 25.5 Å². The van der Waals surface area contributed by atoms with E-state index in [0.29, 0.717) is 33.5 Å². The molecule has 0 saturated carbocycles. The molecule has 144 valence electrons. The zero-order valence-corrected chi connectivity index (χ0v) is 15.6. The fraction of sp³-hybridized carbons (Fsp3) is 0.250. The highest BCUT2D eigenvalue weighted by molar-refractivity contribution is 6.05. The first-order valence-corrected chi connectivity index (χ1v) is 8.84. The Morgan fingerprint density at radius 1 is 1.25 bits per heavy atom. The number of fused-ring (bicyclic) bond motifs is 2. The zero-order chi connectivity index (χ0) is 20.2. The van der Waals surface area contributed by atoms with Crippen molar-refractivity contribution in [2.24, 2.45) is 13.0 Å². The maximum Gasteiger partial charge on any atom is 0.335 e. The second-order valence-electron chi connectivity index (χ2n) is 7.20. The highest BCUT2D eigenvalue weighted by Gasteiger charge is 2.33. The summed E-state index contributed by atoms with van der Waals surface area (Å²) in [6.45, 7) is 3.74. The predicted molar refractivity (Wildman–Crippen MR) is 104 cm³/mol. The number of hydrogen-bond acceptors (Lipinski definition) is 4. The van der Waals surface area contributed by atoms with E-state index >= 15 is 0 Å². The normalized spacial score (nSPS) is 16.0. The number of rotatable bonds is 3. The molecular formula is C20H19N3O5. The van der Waals surface area contributed by atoms with Crippen LogP contribution in [0.15, 0.2) is 35.4 Å². The number of hydrogen-bond donors (Lipinski definition) is 3. The van der Waals surface area contributed by atoms with Gasteiger partial charge in [0, 0.05) is 36.0 Å². The van der Waals surface area contributed by atoms with Crippen molar-refractivity contribution < 1.29 is 19.4 Å². The molecular weight excluding hydrogens is 362 g/mol. The lowest BCUT2D eigenvalue weighted by atomic mass is 9.97. The summed E-state index contributed by atoms with van der Waals surface area (Å²) in [5.74, 6) is -1.13. The van der Waals surface area contributed by atoms with Crippen molar-refractivity contribution in [1.82, 2.24) is 9.55 Å². The number of carboxylic acid groups (broad SMARTS) is 1. The molecule has 1 aliphatic rings. The molecule has 0 radical (unpaired) electrons. The van der Waals surface area contributed by atoms with Crippen LogP contribution >= 0.6 is 0 Å². The number of benzene rings is 1. The number of amides is 1. The van der Waals surface area contributed by atoms with Crippen LogP contribution in [0.25, 0.3) is 22.0 Å². The van der Waals surface area contributed by atoms with Gasteiger partial charge in [0.15, 0.2) is 11.9 Å². The van der Waals surface area contributed by atoms with Crippen LogP contribution in [-0.2, 0) is 11.8 Å². The highest BCUT2D eigenvalue weighted by atomic mass is 16.5. The molecule has 2 aromatic heterocycles. The smallest absolute Gasteiger partial charge is 0.335 e. The van der Waals surface area contributed by atoms with Gasteiger partial charge in [-0.05, 0) is 24.1 Å². The van der Waals surface area contributed by atoms with Gasteiger partial charge in [-0.1, -0.05) is 13.8 Å². The van der Waals surface area contributed by atoms with Gasteiger partial charge in [0.1, 0.15) is 5.52 Å². The number of aryl methyl sites for hydroxylation is 1. The van der Waals surface area contributed by atoms with Gasteiger partial charge in [-0.3, -0.25) is 9.59 Å². The molecule has 8 heteroatoms. The summed E-state index contributed by atoms with van der Waals surface area (Å²) in [4.78, 5) is 39.3. The van der Waals surface area contributed by atoms with Gasteiger partial charge in [-0.25, -0.2) is 4.79 Å². The summed E-state index contributed by atoms with van der Waals surface area (Å²) in [5, 5.41) is 12.9. The molecule has 1 aliphatic heterocycles. The quantitative estimate of drug-likeness (QED) is 0.645. The molecule has 1 atom stereocenters. The van der Waals surface area contributed by atoms with Crippen molar-refractivity contribution in [1.29, 1.82) is 0 Å². The van der Waals surface area contributed by atoms with E-state index in [-0.39, 0.29) is 22.9 Å². The highest BCUT2D eigenvalue weighted by Crippen LogP contribution is 2.43. The van der Waals surface area contributed by atoms with E-state index < -0.39 is 12.1 Å². The maximum atomic E-state index is 12.4. The van der Waals surface area contributed by atoms with Crippen LogP contribution in [0.5, 0.6) is 5.75 Å². The number of pyridine rings is 1. The maximum absolute atomic E-state index is 12.4. The van der Waals surface area contributed by atoms with Crippen LogP contribution in [0.2, 0.25) is 0 Å². The predicted octanol–water partition coefficient (Wildman–Crippen LogP) is 2.59. The second-order valence-corrected chi connectivity index (χ2v) is 7.20. The number of nitrogens with zero attached hydrogens (tertiary/aromatic N) is 1. The van der Waals surface area contributed by atoms with E-state index in [2.05, 4.69) is 10.3 Å². The third-order valence-electron chi connectivity index (χ3n) is 4.89. The molecule has 0 unspecified atom stereocenters. The number of carboxylic acids is 1. The fourth-order valence-corrected chi connectivity index (χ4v) is 3.48. The number of ether oxygens (including phenoxy) is 1. The third-order valence-corrected chi connectivity index (χ3v) is 4.89. The van der Waals surface area contributed by atoms with Gasteiger partial charge in [0.25, 0.3) is 11.5 Å². The molecule has 0 bridgehead atoms. The van der Waals surface area contributed by atoms with Gasteiger partial charge in [-0.2, -0.15) is 0 Å². The Labute approximate surface area is 159 Å². The minimum atomic E-state index is -1.13. The molecule has 3 heterocycles. The number of anilines is 1. The van der Waals surface area contributed by atoms with Crippen LogP contribution in [-0.4, -0.2) is 32.6 Å². The van der Waals surface area contributed by atoms with Crippen LogP contribution in [0, 0.1) is 5.92 Å². The molecule has 28 heavy (non-hydrogen) atoms. The van der Waals surface area contributed by atoms with Crippen LogP contribution < -0.4 is 15.6 Å². The van der Waals surface area contributed by atoms with Gasteiger partial charge in [0.05, 0.1) is 11.3 Å². The lowest BCUT2D eigenvalue weighted by molar-refractivity contribution is -0.125. The first-order valence-electron chi connectivity index (χ1n) is 8.84. The van der Waals surface area contributed by atoms with Crippen molar-refractivity contribution in [3.8, 4) is 16.9 Å². The lowest BCUT2D eigenvalue weighted by Gasteiger charge is -2.30. The van der Waals surface area contributed by atoms with Crippen LogP contribution in [0.4, 0.5) is 5.69 Å². The lowest BCUT2D eigenvalue weighted by Crippen LogP contribution is -2.40. The first-order chi connectivity index (χ1) is 13.3. The van der Waals surface area contributed by atoms with Crippen molar-refractivity contribution in [2.75, 3.05) is 5.32 Å². The van der Waals surface area contributed by atoms with Gasteiger partial charge in [0.2, 0.25) is 0 Å². The van der Waals surface area contributed by atoms with E-state index in [0.717, 1.165) is 0 Å². The second kappa shape index (κ2) is 6.26. The molecule has 8 nitrogen and oxygen atoms in total. The molecule has 0 spiro atoms. The SMILES string of the molecule is CC(C)[C@H]1Oc2c(cc(C(=O)O)cc2-c2cn(C)c(=O)c3[nH]ccc23)NC1=O. The average Bonchev–Trinajstić information content (AvgIpc) is 3.13. The fourth-order valence-electron chi connectivity index (χ4n) is 3.48. The number of nitrogens with one attached hydrogen (secondary N) is 2. The number of carbonyl (C=O) groups excluding carboxylic acids is 1. The summed E-state index contributed by atoms with van der Waals surface area (Å²) >= 11 is 0. The molecule has 4 rings (SSSR count). The molecule has 0 fully saturated rings. The van der Waals surface area contributed by atoms with E-state index in [4.69, 9.17) is 4.74 Å². The monoisotopic (exact) mass is 381 g/mol. The van der Waals surface area contributed by atoms with Crippen LogP contribution in [0.3, 0.4) is 0 Å². The third kappa shape index (κ3) is 2.65. The summed E-state index contributed by atoms with van der Waals surface area (Å²) < 4.78 is 7.44. The molecule has 3 aromatic rings. The van der Waals surface area contributed by atoms with E-state index in [9.17, 15) is 19.5 Å². The molecule has 1 aromatic carbocycles. The Balaban J connectivity index is 2.04. The van der Waals surface area contributed by atoms with Gasteiger partial charge in [-0.15, -0.1) is 0 Å². The van der Waals surface area contributed by atoms with Crippen molar-refractivity contribution in [3.63, 3.8) is 0 Å². The standard InChI is InChI=1S/C20H19N3O5/c1-9(2)16-18(24)22-14-7-10(20(26)27)6-12(17(14)28-16)13-8-23(3)19(25)15-11(13)4-5-21-15/h4-9,16,21H,1-3H3,(H,22,24)(H,26,27)/t16-/m1/s1. The average molecular weight is 381 g/mol. The molecule has 0 aliphatic carbocycles. The van der Waals surface area contributed by atoms with E-state index in [1.165, 1.54) is 16.7 Å². The summed E-state index contributed by atoms with van der Waals surface area (Å²) in [6, 6.07) is 4.64. The van der Waals surface area contributed by atoms with E-state index in [1.807, 2.05) is 13.8 Å². The minimum Gasteiger partial charge on any atom is -0.478 e. The van der Waals surface area contributed by atoms with Gasteiger partial charge < -0.3 is 24.7 Å². The minimum absolute atomic E-state index is 0.0122. The molecule has 3 N–H and O–H groups in total. The number of aromatic amines is 1. The number of aromatic carboxylic acids is 1. The first kappa shape index (κ1) is 17.8. The van der Waals surface area contributed by atoms with Crippen molar-refractivity contribution >= 4 is 28.5 Å². The van der Waals surface area contributed by atoms with Crippen molar-refractivity contribution in [3.05, 3.63) is 46.5 Å². The number of aromatic nitrogens is 2. The largest absolute Gasteiger partial charge is 0.478 e. The summed E-state index contributed by atoms with van der Waals surface area (Å²) in [7, 11) is 1.62. The summed E-state index contributed by atoms with van der Waals surface area (Å²) in [5.41, 5.74) is 1.67. The Morgan fingerprint density at radius 2 is 2.00 bits per heavy atom. The topological polar surface area (TPSA) is 113 Å². The number of H-pyrrole nitrogens is 1. The van der Waals surface area contributed by atoms with Gasteiger partial charge >= 0.3 is 5.97 Å². The van der Waals surface area contributed by atoms with Crippen LogP contribution in [0.1, 0.15) is 24.2 Å². The molecule has 1 amide bonds. The summed E-state index contributed by atoms with van der Waals surface area (Å²) in [6.07, 6.45) is 2.60. The van der Waals surface area contributed by atoms with Crippen molar-refractivity contribution in [2.45, 2.75) is 20.0 Å². The molecule has 0 saturated heterocycles. The Hall–Kier alpha value is -3.55. The zero-order valence-electron chi connectivity index (χ0n) is 15.6.